The number of hydrogen-bond acceptors (Lipinski definition) is 5. The molecule has 0 bridgehead atoms. The molecule has 6 heteroatoms. The topological polar surface area (TPSA) is 85.7 Å². The Balaban J connectivity index is 2.10. The number of nitrogens with zero attached hydrogens (tertiary/aromatic N) is 3. The van der Waals surface area contributed by atoms with Crippen LogP contribution in [0.4, 0.5) is 5.82 Å². The van der Waals surface area contributed by atoms with Crippen LogP contribution in [0.25, 0.3) is 5.52 Å². The van der Waals surface area contributed by atoms with E-state index in [2.05, 4.69) is 16.0 Å². The summed E-state index contributed by atoms with van der Waals surface area (Å²) in [5.41, 5.74) is 8.00. The highest BCUT2D eigenvalue weighted by Crippen LogP contribution is 2.34. The van der Waals surface area contributed by atoms with E-state index >= 15 is 0 Å². The molecule has 2 unspecified atom stereocenters. The van der Waals surface area contributed by atoms with E-state index in [0.29, 0.717) is 16.9 Å². The summed E-state index contributed by atoms with van der Waals surface area (Å²) in [5, 5.41) is 13.3. The minimum Gasteiger partial charge on any atom is -0.394 e. The highest BCUT2D eigenvalue weighted by molar-refractivity contribution is 5.75. The summed E-state index contributed by atoms with van der Waals surface area (Å²) in [5.74, 6) is 2.95. The fourth-order valence-electron chi connectivity index (χ4n) is 2.49. The normalized spacial score (nSPS) is 22.7. The van der Waals surface area contributed by atoms with Crippen LogP contribution in [0.2, 0.25) is 0 Å². The number of anilines is 1. The third-order valence-corrected chi connectivity index (χ3v) is 3.41. The predicted octanol–water partition coefficient (Wildman–Crippen LogP) is 0.505. The van der Waals surface area contributed by atoms with Gasteiger partial charge in [-0.2, -0.15) is 5.10 Å². The van der Waals surface area contributed by atoms with Gasteiger partial charge in [-0.25, -0.2) is 9.50 Å². The maximum atomic E-state index is 9.13. The Hall–Kier alpha value is -2.10. The largest absolute Gasteiger partial charge is 0.394 e. The van der Waals surface area contributed by atoms with Gasteiger partial charge in [-0.05, 0) is 18.9 Å². The summed E-state index contributed by atoms with van der Waals surface area (Å²) >= 11 is 0. The van der Waals surface area contributed by atoms with Crippen LogP contribution in [0.5, 0.6) is 0 Å². The van der Waals surface area contributed by atoms with E-state index < -0.39 is 0 Å². The molecule has 3 rings (SSSR count). The number of fused-ring (bicyclic) bond motifs is 1. The summed E-state index contributed by atoms with van der Waals surface area (Å²) in [6.45, 7) is 0.0267. The van der Waals surface area contributed by atoms with Crippen molar-refractivity contribution < 1.29 is 9.84 Å². The second kappa shape index (κ2) is 4.53. The maximum absolute atomic E-state index is 9.13. The van der Waals surface area contributed by atoms with Crippen molar-refractivity contribution in [3.63, 3.8) is 0 Å². The number of hydrogen-bond donors (Lipinski definition) is 2. The Morgan fingerprint density at radius 2 is 2.42 bits per heavy atom. The smallest absolute Gasteiger partial charge is 0.152 e. The van der Waals surface area contributed by atoms with Crippen LogP contribution in [0.1, 0.15) is 30.2 Å². The van der Waals surface area contributed by atoms with Crippen LogP contribution in [0.15, 0.2) is 12.4 Å². The molecule has 1 aliphatic heterocycles. The van der Waals surface area contributed by atoms with E-state index in [1.807, 2.05) is 6.07 Å². The second-order valence-electron chi connectivity index (χ2n) is 4.54. The lowest BCUT2D eigenvalue weighted by Crippen LogP contribution is -2.12. The van der Waals surface area contributed by atoms with Gasteiger partial charge in [0, 0.05) is 0 Å². The van der Waals surface area contributed by atoms with Crippen LogP contribution in [-0.2, 0) is 4.74 Å². The van der Waals surface area contributed by atoms with Gasteiger partial charge in [-0.1, -0.05) is 5.92 Å². The number of nitrogens with two attached hydrogens (primary N) is 1. The lowest BCUT2D eigenvalue weighted by Gasteiger charge is -2.11. The van der Waals surface area contributed by atoms with Gasteiger partial charge in [0.05, 0.1) is 24.0 Å². The van der Waals surface area contributed by atoms with Crippen LogP contribution in [0, 0.1) is 12.3 Å². The Morgan fingerprint density at radius 3 is 3.11 bits per heavy atom. The van der Waals surface area contributed by atoms with Crippen molar-refractivity contribution in [1.29, 1.82) is 0 Å². The molecule has 0 amide bonds. The number of aliphatic hydroxyl groups excluding tert-OH is 1. The molecule has 3 N–H and O–H groups in total. The van der Waals surface area contributed by atoms with Gasteiger partial charge in [-0.3, -0.25) is 0 Å². The SMILES string of the molecule is C#Cc1cc(C2CCC(CO)O2)n2ncnc(N)c12. The molecule has 3 heterocycles. The fraction of sp³-hybridized carbons (Fsp3) is 0.385. The molecule has 1 saturated heterocycles. The minimum atomic E-state index is -0.124. The summed E-state index contributed by atoms with van der Waals surface area (Å²) in [7, 11) is 0. The maximum Gasteiger partial charge on any atom is 0.152 e. The monoisotopic (exact) mass is 258 g/mol. The zero-order valence-corrected chi connectivity index (χ0v) is 10.3. The number of aromatic nitrogens is 3. The lowest BCUT2D eigenvalue weighted by atomic mass is 10.1. The van der Waals surface area contributed by atoms with Crippen molar-refractivity contribution in [2.75, 3.05) is 12.3 Å². The van der Waals surface area contributed by atoms with Gasteiger partial charge in [-0.15, -0.1) is 6.42 Å². The highest BCUT2D eigenvalue weighted by atomic mass is 16.5. The molecule has 0 aliphatic carbocycles. The molecule has 2 atom stereocenters. The lowest BCUT2D eigenvalue weighted by molar-refractivity contribution is 0.00856. The first-order valence-electron chi connectivity index (χ1n) is 6.09. The van der Waals surface area contributed by atoms with Crippen molar-refractivity contribution in [2.24, 2.45) is 0 Å². The molecule has 1 aliphatic rings. The molecule has 2 aromatic heterocycles. The third kappa shape index (κ3) is 1.84. The van der Waals surface area contributed by atoms with E-state index in [1.165, 1.54) is 6.33 Å². The average Bonchev–Trinajstić information content (AvgIpc) is 3.02. The molecular weight excluding hydrogens is 244 g/mol. The number of rotatable bonds is 2. The van der Waals surface area contributed by atoms with Crippen molar-refractivity contribution in [3.05, 3.63) is 23.7 Å². The van der Waals surface area contributed by atoms with Gasteiger partial charge in [0.25, 0.3) is 0 Å². The standard InChI is InChI=1S/C13H14N4O2/c1-2-8-5-10(11-4-3-9(6-18)19-11)17-12(8)13(14)15-7-16-17/h1,5,7,9,11,18H,3-4,6H2,(H2,14,15,16). The van der Waals surface area contributed by atoms with E-state index in [1.54, 1.807) is 4.52 Å². The van der Waals surface area contributed by atoms with Gasteiger partial charge in [0.15, 0.2) is 5.82 Å². The number of ether oxygens (including phenoxy) is 1. The van der Waals surface area contributed by atoms with Crippen molar-refractivity contribution in [1.82, 2.24) is 14.6 Å². The molecule has 98 valence electrons. The van der Waals surface area contributed by atoms with Crippen molar-refractivity contribution in [3.8, 4) is 12.3 Å². The minimum absolute atomic E-state index is 0.0267. The average molecular weight is 258 g/mol. The molecule has 0 radical (unpaired) electrons. The van der Waals surface area contributed by atoms with Crippen LogP contribution >= 0.6 is 0 Å². The van der Waals surface area contributed by atoms with Gasteiger partial charge in [0.2, 0.25) is 0 Å². The molecule has 19 heavy (non-hydrogen) atoms. The Morgan fingerprint density at radius 1 is 1.58 bits per heavy atom. The first kappa shape index (κ1) is 12.0. The molecule has 2 aromatic rings. The molecule has 0 spiro atoms. The van der Waals surface area contributed by atoms with Gasteiger partial charge >= 0.3 is 0 Å². The Labute approximate surface area is 110 Å². The van der Waals surface area contributed by atoms with Crippen LogP contribution in [-0.4, -0.2) is 32.4 Å². The molecular formula is C13H14N4O2. The van der Waals surface area contributed by atoms with Crippen molar-refractivity contribution in [2.45, 2.75) is 25.0 Å². The highest BCUT2D eigenvalue weighted by Gasteiger charge is 2.29. The third-order valence-electron chi connectivity index (χ3n) is 3.41. The predicted molar refractivity (Wildman–Crippen MR) is 69.3 cm³/mol. The number of nitrogen functional groups attached to an aromatic ring is 1. The quantitative estimate of drug-likeness (QED) is 0.766. The van der Waals surface area contributed by atoms with Gasteiger partial charge < -0.3 is 15.6 Å². The second-order valence-corrected chi connectivity index (χ2v) is 4.54. The molecule has 6 nitrogen and oxygen atoms in total. The summed E-state index contributed by atoms with van der Waals surface area (Å²) < 4.78 is 7.44. The molecule has 0 aromatic carbocycles. The molecule has 0 saturated carbocycles. The summed E-state index contributed by atoms with van der Waals surface area (Å²) in [6, 6.07) is 1.85. The summed E-state index contributed by atoms with van der Waals surface area (Å²) in [6.07, 6.45) is 8.29. The summed E-state index contributed by atoms with van der Waals surface area (Å²) in [4.78, 5) is 3.96. The van der Waals surface area contributed by atoms with Crippen LogP contribution in [0.3, 0.4) is 0 Å². The number of aliphatic hydroxyl groups is 1. The zero-order valence-electron chi connectivity index (χ0n) is 10.3. The first-order chi connectivity index (χ1) is 9.24. The fourth-order valence-corrected chi connectivity index (χ4v) is 2.49. The molecule has 1 fully saturated rings. The Kier molecular flexibility index (Phi) is 2.85. The van der Waals surface area contributed by atoms with E-state index in [-0.39, 0.29) is 18.8 Å². The van der Waals surface area contributed by atoms with E-state index in [0.717, 1.165) is 18.5 Å². The first-order valence-corrected chi connectivity index (χ1v) is 6.09. The van der Waals surface area contributed by atoms with Gasteiger partial charge in [0.1, 0.15) is 17.9 Å². The van der Waals surface area contributed by atoms with E-state index in [9.17, 15) is 0 Å². The van der Waals surface area contributed by atoms with Crippen molar-refractivity contribution >= 4 is 11.3 Å². The number of terminal acetylenes is 1. The zero-order chi connectivity index (χ0) is 13.4. The Bertz CT molecular complexity index is 658. The van der Waals surface area contributed by atoms with Crippen LogP contribution < -0.4 is 5.73 Å². The van der Waals surface area contributed by atoms with E-state index in [4.69, 9.17) is 22.0 Å².